The van der Waals surface area contributed by atoms with Gasteiger partial charge in [-0.2, -0.15) is 110 Å². The number of alkyl halides is 25. The summed E-state index contributed by atoms with van der Waals surface area (Å²) in [6.07, 6.45) is -11.2. The molecule has 0 aliphatic rings. The summed E-state index contributed by atoms with van der Waals surface area (Å²) < 4.78 is 436. The molecule has 94 heavy (non-hydrogen) atoms. The predicted octanol–water partition coefficient (Wildman–Crippen LogP) is 8.22. The third-order valence-corrected chi connectivity index (χ3v) is 11.5. The van der Waals surface area contributed by atoms with E-state index >= 15 is 0 Å². The van der Waals surface area contributed by atoms with Crippen molar-refractivity contribution in [3.63, 3.8) is 0 Å². The zero-order valence-electron chi connectivity index (χ0n) is 50.1. The van der Waals surface area contributed by atoms with Crippen molar-refractivity contribution < 1.29 is 200 Å². The topological polar surface area (TPSA) is 186 Å². The van der Waals surface area contributed by atoms with Gasteiger partial charge in [0.1, 0.15) is 0 Å². The first-order valence-electron chi connectivity index (χ1n) is 28.0. The molecule has 566 valence electrons. The fraction of sp³-hybridized carbons (Fsp3) is 1.00. The van der Waals surface area contributed by atoms with Gasteiger partial charge in [0.05, 0.1) is 244 Å². The summed E-state index contributed by atoms with van der Waals surface area (Å²) in [6, 6.07) is 0. The normalized spacial score (nSPS) is 14.1. The van der Waals surface area contributed by atoms with Crippen LogP contribution >= 0.6 is 0 Å². The van der Waals surface area contributed by atoms with Crippen LogP contribution in [0.4, 0.5) is 110 Å². The number of halogens is 25. The molecule has 0 heterocycles. The molecule has 0 radical (unpaired) electrons. The molecular weight excluding hydrogens is 1380 g/mol. The second-order valence-electron chi connectivity index (χ2n) is 18.4. The minimum Gasteiger partial charge on any atom is -0.394 e. The first-order chi connectivity index (χ1) is 43.8. The zero-order chi connectivity index (χ0) is 71.6. The maximum atomic E-state index is 14.2. The van der Waals surface area contributed by atoms with Crippen molar-refractivity contribution >= 4 is 0 Å². The molecule has 0 aliphatic carbocycles. The Bertz CT molecular complexity index is 1880. The molecule has 0 rings (SSSR count). The van der Waals surface area contributed by atoms with E-state index in [1.54, 1.807) is 0 Å². The smallest absolute Gasteiger partial charge is 0.394 e. The molecule has 0 aromatic heterocycles. The van der Waals surface area contributed by atoms with Gasteiger partial charge in [0.25, 0.3) is 0 Å². The van der Waals surface area contributed by atoms with E-state index in [1.807, 2.05) is 0 Å². The summed E-state index contributed by atoms with van der Waals surface area (Å²) in [4.78, 5) is 0. The van der Waals surface area contributed by atoms with Gasteiger partial charge < -0.3 is 90.4 Å². The molecule has 0 aromatic carbocycles. The summed E-state index contributed by atoms with van der Waals surface area (Å²) in [7, 11) is 0. The van der Waals surface area contributed by atoms with Crippen molar-refractivity contribution in [2.45, 2.75) is 77.7 Å². The van der Waals surface area contributed by atoms with E-state index in [0.717, 1.165) is 0 Å². The zero-order valence-corrected chi connectivity index (χ0v) is 50.1. The van der Waals surface area contributed by atoms with Crippen LogP contribution in [-0.2, 0) is 85.3 Å². The molecule has 0 fully saturated rings. The van der Waals surface area contributed by atoms with E-state index in [2.05, 4.69) is 4.74 Å². The Morgan fingerprint density at radius 2 is 0.266 bits per heavy atom. The lowest BCUT2D eigenvalue weighted by Crippen LogP contribution is -2.78. The van der Waals surface area contributed by atoms with Crippen molar-refractivity contribution in [2.24, 2.45) is 0 Å². The first-order valence-corrected chi connectivity index (χ1v) is 28.0. The third kappa shape index (κ3) is 29.4. The molecule has 44 heteroatoms. The number of hydrogen-bond acceptors (Lipinski definition) is 19. The van der Waals surface area contributed by atoms with Crippen LogP contribution in [0.2, 0.25) is 0 Å². The lowest BCUT2D eigenvalue weighted by Gasteiger charge is -2.45. The fourth-order valence-electron chi connectivity index (χ4n) is 6.25. The number of hydrogen-bond donors (Lipinski definition) is 1. The SMILES string of the molecule is OCCOCCOCCOCCOCCOCCOCCOCCOCCOCCOCCOCCOCCOCCOCCOCCOCCOCCOCCC(F)(F)C(F)(F)C(F)(F)C(F)(F)C(F)(F)C(F)(F)C(F)(F)C(F)(F)C(F)(F)C(F)(F)C(F)(F)C(F)(F)F. The van der Waals surface area contributed by atoms with Crippen LogP contribution in [0.1, 0.15) is 6.42 Å². The lowest BCUT2D eigenvalue weighted by atomic mass is 9.84. The highest BCUT2D eigenvalue weighted by atomic mass is 19.4. The first kappa shape index (κ1) is 91.5. The van der Waals surface area contributed by atoms with Crippen molar-refractivity contribution in [1.82, 2.24) is 0 Å². The molecule has 0 aliphatic heterocycles. The van der Waals surface area contributed by atoms with Gasteiger partial charge in [-0.15, -0.1) is 0 Å². The Labute approximate surface area is 522 Å². The van der Waals surface area contributed by atoms with Crippen LogP contribution in [0.15, 0.2) is 0 Å². The van der Waals surface area contributed by atoms with Crippen LogP contribution in [0.25, 0.3) is 0 Å². The van der Waals surface area contributed by atoms with E-state index in [4.69, 9.17) is 85.6 Å². The molecule has 1 N–H and O–H groups in total. The lowest BCUT2D eigenvalue weighted by molar-refractivity contribution is -0.482. The maximum Gasteiger partial charge on any atom is 0.460 e. The van der Waals surface area contributed by atoms with Gasteiger partial charge in [-0.05, 0) is 0 Å². The maximum absolute atomic E-state index is 14.2. The van der Waals surface area contributed by atoms with E-state index in [-0.39, 0.29) is 72.7 Å². The highest BCUT2D eigenvalue weighted by Gasteiger charge is 2.99. The van der Waals surface area contributed by atoms with Gasteiger partial charge in [0, 0.05) is 6.42 Å². The molecule has 19 nitrogen and oxygen atoms in total. The van der Waals surface area contributed by atoms with Gasteiger partial charge >= 0.3 is 71.3 Å². The van der Waals surface area contributed by atoms with E-state index in [0.29, 0.717) is 152 Å². The highest BCUT2D eigenvalue weighted by molar-refractivity contribution is 5.19. The van der Waals surface area contributed by atoms with E-state index < -0.39 is 97.6 Å². The van der Waals surface area contributed by atoms with Gasteiger partial charge in [0.2, 0.25) is 0 Å². The molecule has 0 saturated heterocycles. The Balaban J connectivity index is 3.93. The second kappa shape index (κ2) is 46.0. The van der Waals surface area contributed by atoms with Gasteiger partial charge in [-0.3, -0.25) is 0 Å². The molecule has 0 saturated carbocycles. The fourth-order valence-corrected chi connectivity index (χ4v) is 6.25. The van der Waals surface area contributed by atoms with Gasteiger partial charge in [-0.1, -0.05) is 0 Å². The monoisotopic (exact) mass is 1460 g/mol. The Morgan fingerprint density at radius 1 is 0.149 bits per heavy atom. The summed E-state index contributed by atoms with van der Waals surface area (Å²) in [5.74, 6) is -98.8. The van der Waals surface area contributed by atoms with Crippen LogP contribution in [0.3, 0.4) is 0 Å². The number of ether oxygens (including phenoxy) is 18. The average molecular weight is 1460 g/mol. The molecule has 0 spiro atoms. The Hall–Kier alpha value is -2.51. The number of aliphatic hydroxyl groups is 1. The second-order valence-corrected chi connectivity index (χ2v) is 18.4. The molecule has 0 amide bonds. The quantitative estimate of drug-likeness (QED) is 0.0453. The minimum absolute atomic E-state index is 0.0182. The van der Waals surface area contributed by atoms with Crippen molar-refractivity contribution in [2.75, 3.05) is 244 Å². The molecule has 0 bridgehead atoms. The molecule has 0 unspecified atom stereocenters. The Kier molecular flexibility index (Phi) is 44.8. The van der Waals surface area contributed by atoms with E-state index in [1.165, 1.54) is 0 Å². The average Bonchev–Trinajstić information content (AvgIpc) is 0.689. The minimum atomic E-state index is -9.64. The predicted molar refractivity (Wildman–Crippen MR) is 267 cm³/mol. The molecule has 0 aromatic rings. The number of aliphatic hydroxyl groups excluding tert-OH is 1. The van der Waals surface area contributed by atoms with Crippen molar-refractivity contribution in [3.8, 4) is 0 Å². The number of rotatable bonds is 66. The van der Waals surface area contributed by atoms with Crippen LogP contribution < -0.4 is 0 Å². The van der Waals surface area contributed by atoms with E-state index in [9.17, 15) is 110 Å². The molecular formula is C50H77F25O19. The Morgan fingerprint density at radius 3 is 0.404 bits per heavy atom. The van der Waals surface area contributed by atoms with Gasteiger partial charge in [-0.25, -0.2) is 0 Å². The summed E-state index contributed by atoms with van der Waals surface area (Å²) in [5, 5.41) is 8.59. The summed E-state index contributed by atoms with van der Waals surface area (Å²) >= 11 is 0. The molecule has 0 atom stereocenters. The standard InChI is InChI=1S/C50H77F25O19/c51-39(52,40(53,54)41(55,56)42(57,58)43(59,60)44(61,62)45(63,64)46(65,66)47(67,68)48(69,70)49(71,72)50(73,74)75)1-3-77-5-7-79-9-11-81-13-15-83-17-19-85-21-23-87-25-27-89-29-31-91-33-35-93-37-38-94-36-34-92-32-30-90-28-26-88-24-22-86-20-18-84-16-14-82-12-10-80-8-6-78-4-2-76/h76H,1-38H2. The summed E-state index contributed by atoms with van der Waals surface area (Å²) in [5.41, 5.74) is 0. The van der Waals surface area contributed by atoms with Crippen LogP contribution in [-0.4, -0.2) is 321 Å². The highest BCUT2D eigenvalue weighted by Crippen LogP contribution is 2.68. The van der Waals surface area contributed by atoms with Crippen molar-refractivity contribution in [3.05, 3.63) is 0 Å². The summed E-state index contributed by atoms with van der Waals surface area (Å²) in [6.45, 7) is 6.25. The van der Waals surface area contributed by atoms with Crippen LogP contribution in [0, 0.1) is 0 Å². The van der Waals surface area contributed by atoms with Gasteiger partial charge in [0.15, 0.2) is 0 Å². The van der Waals surface area contributed by atoms with Crippen LogP contribution in [0.5, 0.6) is 0 Å². The van der Waals surface area contributed by atoms with Crippen molar-refractivity contribution in [1.29, 1.82) is 0 Å². The third-order valence-electron chi connectivity index (χ3n) is 11.5. The largest absolute Gasteiger partial charge is 0.460 e.